The van der Waals surface area contributed by atoms with Gasteiger partial charge in [-0.1, -0.05) is 6.58 Å². The molecular formula is C3H5NO2. The van der Waals surface area contributed by atoms with Crippen molar-refractivity contribution in [3.63, 3.8) is 0 Å². The van der Waals surface area contributed by atoms with Crippen LogP contribution in [0.15, 0.2) is 12.3 Å². The van der Waals surface area contributed by atoms with Gasteiger partial charge in [0.25, 0.3) is 0 Å². The van der Waals surface area contributed by atoms with Crippen molar-refractivity contribution in [3.8, 4) is 0 Å². The van der Waals surface area contributed by atoms with Crippen LogP contribution in [0, 0.1) is 0 Å². The Labute approximate surface area is 35.4 Å². The van der Waals surface area contributed by atoms with Crippen molar-refractivity contribution in [2.24, 2.45) is 0 Å². The number of rotatable bonds is 0. The average Bonchev–Trinajstić information content (AvgIpc) is 1.86. The van der Waals surface area contributed by atoms with Crippen LogP contribution in [0.1, 0.15) is 0 Å². The van der Waals surface area contributed by atoms with Crippen molar-refractivity contribution < 1.29 is 9.88 Å². The summed E-state index contributed by atoms with van der Waals surface area (Å²) >= 11 is 0. The second-order valence-electron chi connectivity index (χ2n) is 1.05. The fourth-order valence-electron chi connectivity index (χ4n) is 0.218. The Bertz CT molecular complexity index is 63.2. The Morgan fingerprint density at radius 1 is 1.83 bits per heavy atom. The van der Waals surface area contributed by atoms with Crippen LogP contribution in [0.4, 0.5) is 0 Å². The largest absolute Gasteiger partial charge is 0.237 e. The summed E-state index contributed by atoms with van der Waals surface area (Å²) < 4.78 is 0. The van der Waals surface area contributed by atoms with Crippen LogP contribution in [0.2, 0.25) is 0 Å². The normalized spacial score (nSPS) is 21.0. The van der Waals surface area contributed by atoms with E-state index in [-0.39, 0.29) is 0 Å². The zero-order valence-electron chi connectivity index (χ0n) is 3.23. The molecule has 1 heterocycles. The van der Waals surface area contributed by atoms with E-state index < -0.39 is 0 Å². The standard InChI is InChI=1S/C3H5NO2/c1-3-2-5-6-4-3/h4H,1-2H2. The maximum absolute atomic E-state index is 4.35. The van der Waals surface area contributed by atoms with Crippen LogP contribution in [-0.2, 0) is 9.88 Å². The third-order valence-corrected chi connectivity index (χ3v) is 0.478. The van der Waals surface area contributed by atoms with E-state index in [0.29, 0.717) is 6.61 Å². The first-order valence-electron chi connectivity index (χ1n) is 1.62. The Hall–Kier alpha value is -0.540. The third kappa shape index (κ3) is 0.502. The number of hydrogen-bond donors (Lipinski definition) is 1. The van der Waals surface area contributed by atoms with Gasteiger partial charge >= 0.3 is 0 Å². The minimum Gasteiger partial charge on any atom is -0.237 e. The Morgan fingerprint density at radius 2 is 2.67 bits per heavy atom. The summed E-state index contributed by atoms with van der Waals surface area (Å²) in [4.78, 5) is 8.55. The van der Waals surface area contributed by atoms with Crippen molar-refractivity contribution >= 4 is 0 Å². The van der Waals surface area contributed by atoms with Crippen molar-refractivity contribution in [2.45, 2.75) is 0 Å². The smallest absolute Gasteiger partial charge is 0.126 e. The lowest BCUT2D eigenvalue weighted by molar-refractivity contribution is -0.285. The van der Waals surface area contributed by atoms with E-state index in [0.717, 1.165) is 5.70 Å². The van der Waals surface area contributed by atoms with E-state index in [9.17, 15) is 0 Å². The first kappa shape index (κ1) is 3.64. The molecule has 1 fully saturated rings. The van der Waals surface area contributed by atoms with Gasteiger partial charge in [-0.3, -0.25) is 0 Å². The highest BCUT2D eigenvalue weighted by Gasteiger charge is 2.00. The van der Waals surface area contributed by atoms with Crippen LogP contribution in [-0.4, -0.2) is 6.61 Å². The fraction of sp³-hybridized carbons (Fsp3) is 0.333. The second kappa shape index (κ2) is 1.28. The molecule has 6 heavy (non-hydrogen) atoms. The van der Waals surface area contributed by atoms with Gasteiger partial charge in [0, 0.05) is 0 Å². The van der Waals surface area contributed by atoms with Crippen LogP contribution in [0.3, 0.4) is 0 Å². The van der Waals surface area contributed by atoms with Gasteiger partial charge in [-0.2, -0.15) is 0 Å². The summed E-state index contributed by atoms with van der Waals surface area (Å²) in [6.07, 6.45) is 0. The molecule has 3 nitrogen and oxygen atoms in total. The first-order valence-corrected chi connectivity index (χ1v) is 1.62. The lowest BCUT2D eigenvalue weighted by atomic mass is 10.6. The zero-order chi connectivity index (χ0) is 4.41. The molecule has 0 aromatic heterocycles. The minimum atomic E-state index is 0.458. The molecule has 0 radical (unpaired) electrons. The molecule has 1 aliphatic heterocycles. The van der Waals surface area contributed by atoms with Gasteiger partial charge in [-0.25, -0.2) is 10.4 Å². The Balaban J connectivity index is 2.37. The van der Waals surface area contributed by atoms with E-state index in [1.54, 1.807) is 0 Å². The van der Waals surface area contributed by atoms with Crippen molar-refractivity contribution in [3.05, 3.63) is 12.3 Å². The van der Waals surface area contributed by atoms with Crippen molar-refractivity contribution in [1.29, 1.82) is 0 Å². The lowest BCUT2D eigenvalue weighted by Crippen LogP contribution is -1.99. The zero-order valence-corrected chi connectivity index (χ0v) is 3.23. The summed E-state index contributed by atoms with van der Waals surface area (Å²) in [5.74, 6) is 0. The molecule has 1 N–H and O–H groups in total. The summed E-state index contributed by atoms with van der Waals surface area (Å²) in [5, 5.41) is 0. The molecule has 0 aliphatic carbocycles. The van der Waals surface area contributed by atoms with E-state index in [1.165, 1.54) is 0 Å². The maximum Gasteiger partial charge on any atom is 0.126 e. The molecule has 0 atom stereocenters. The lowest BCUT2D eigenvalue weighted by Gasteiger charge is -1.81. The highest BCUT2D eigenvalue weighted by molar-refractivity contribution is 4.88. The van der Waals surface area contributed by atoms with E-state index in [2.05, 4.69) is 21.9 Å². The summed E-state index contributed by atoms with van der Waals surface area (Å²) in [7, 11) is 0. The predicted octanol–water partition coefficient (Wildman–Crippen LogP) is -0.0335. The molecule has 0 aromatic carbocycles. The van der Waals surface area contributed by atoms with E-state index in [1.807, 2.05) is 0 Å². The molecule has 0 saturated carbocycles. The minimum absolute atomic E-state index is 0.458. The van der Waals surface area contributed by atoms with E-state index >= 15 is 0 Å². The average molecular weight is 87.1 g/mol. The van der Waals surface area contributed by atoms with Gasteiger partial charge in [0.2, 0.25) is 0 Å². The van der Waals surface area contributed by atoms with Gasteiger partial charge in [0.05, 0.1) is 5.70 Å². The summed E-state index contributed by atoms with van der Waals surface area (Å²) in [6, 6.07) is 0. The van der Waals surface area contributed by atoms with Gasteiger partial charge in [-0.15, -0.1) is 4.99 Å². The number of hydroxylamine groups is 1. The van der Waals surface area contributed by atoms with Crippen molar-refractivity contribution in [2.75, 3.05) is 6.61 Å². The van der Waals surface area contributed by atoms with Gasteiger partial charge < -0.3 is 0 Å². The molecular weight excluding hydrogens is 82.0 g/mol. The van der Waals surface area contributed by atoms with Gasteiger partial charge in [0.15, 0.2) is 0 Å². The Morgan fingerprint density at radius 3 is 2.83 bits per heavy atom. The van der Waals surface area contributed by atoms with Gasteiger partial charge in [-0.05, 0) is 0 Å². The number of hydrogen-bond acceptors (Lipinski definition) is 3. The molecule has 0 unspecified atom stereocenters. The molecule has 1 saturated heterocycles. The first-order chi connectivity index (χ1) is 2.89. The molecule has 3 heteroatoms. The molecule has 1 rings (SSSR count). The van der Waals surface area contributed by atoms with Gasteiger partial charge in [0.1, 0.15) is 6.61 Å². The van der Waals surface area contributed by atoms with E-state index in [4.69, 9.17) is 0 Å². The third-order valence-electron chi connectivity index (χ3n) is 0.478. The molecule has 0 spiro atoms. The molecule has 0 bridgehead atoms. The summed E-state index contributed by atoms with van der Waals surface area (Å²) in [5.41, 5.74) is 3.16. The molecule has 0 amide bonds. The Kier molecular flexibility index (Phi) is 0.777. The second-order valence-corrected chi connectivity index (χ2v) is 1.05. The monoisotopic (exact) mass is 87.0 g/mol. The van der Waals surface area contributed by atoms with Crippen LogP contribution in [0.25, 0.3) is 0 Å². The highest BCUT2D eigenvalue weighted by atomic mass is 17.3. The molecule has 0 aromatic rings. The molecule has 1 aliphatic rings. The topological polar surface area (TPSA) is 30.5 Å². The van der Waals surface area contributed by atoms with Crippen LogP contribution >= 0.6 is 0 Å². The quantitative estimate of drug-likeness (QED) is 0.421. The predicted molar refractivity (Wildman–Crippen MR) is 19.3 cm³/mol. The fourth-order valence-corrected chi connectivity index (χ4v) is 0.218. The molecule has 34 valence electrons. The van der Waals surface area contributed by atoms with Crippen molar-refractivity contribution in [1.82, 2.24) is 5.48 Å². The number of nitrogens with one attached hydrogen (secondary N) is 1. The SMILES string of the molecule is C=C1COON1. The maximum atomic E-state index is 4.35. The summed E-state index contributed by atoms with van der Waals surface area (Å²) in [6.45, 7) is 3.95. The highest BCUT2D eigenvalue weighted by Crippen LogP contribution is 1.93. The van der Waals surface area contributed by atoms with Crippen LogP contribution in [0.5, 0.6) is 0 Å². The van der Waals surface area contributed by atoms with Crippen LogP contribution < -0.4 is 5.48 Å².